The van der Waals surface area contributed by atoms with Gasteiger partial charge in [-0.1, -0.05) is 11.6 Å². The fraction of sp³-hybridized carbons (Fsp3) is 0.462. The van der Waals surface area contributed by atoms with Crippen LogP contribution in [0.5, 0.6) is 0 Å². The Bertz CT molecular complexity index is 655. The highest BCUT2D eigenvalue weighted by molar-refractivity contribution is 6.50. The number of aromatic nitrogens is 2. The van der Waals surface area contributed by atoms with E-state index in [1.165, 1.54) is 12.5 Å². The molecular formula is C13H13Cl2N3O5. The molecule has 23 heavy (non-hydrogen) atoms. The lowest BCUT2D eigenvalue weighted by Crippen LogP contribution is -2.49. The number of imidazole rings is 1. The molecule has 3 N–H and O–H groups in total. The van der Waals surface area contributed by atoms with Gasteiger partial charge < -0.3 is 24.9 Å². The number of rotatable bonds is 5. The number of aliphatic carboxylic acids is 1. The third-order valence-corrected chi connectivity index (χ3v) is 4.52. The van der Waals surface area contributed by atoms with E-state index < -0.39 is 29.0 Å². The van der Waals surface area contributed by atoms with Crippen LogP contribution >= 0.6 is 23.2 Å². The van der Waals surface area contributed by atoms with Gasteiger partial charge in [0, 0.05) is 18.3 Å². The first kappa shape index (κ1) is 16.3. The van der Waals surface area contributed by atoms with E-state index in [1.54, 1.807) is 0 Å². The zero-order chi connectivity index (χ0) is 16.6. The molecule has 1 unspecified atom stereocenters. The number of aromatic amines is 1. The SMILES string of the molecule is O=C1C(Cl)=C(N[C@@H](Cc2cnc[nH]2)C(=O)O)C2(OCCO2)C1Cl. The van der Waals surface area contributed by atoms with Crippen molar-refractivity contribution in [3.63, 3.8) is 0 Å². The van der Waals surface area contributed by atoms with Crippen LogP contribution in [0.4, 0.5) is 0 Å². The van der Waals surface area contributed by atoms with Crippen LogP contribution in [0.1, 0.15) is 5.69 Å². The van der Waals surface area contributed by atoms with Gasteiger partial charge in [0.1, 0.15) is 11.1 Å². The number of carboxylic acid groups (broad SMARTS) is 1. The van der Waals surface area contributed by atoms with Gasteiger partial charge in [0.25, 0.3) is 0 Å². The molecule has 10 heteroatoms. The zero-order valence-electron chi connectivity index (χ0n) is 11.7. The second kappa shape index (κ2) is 6.12. The van der Waals surface area contributed by atoms with Crippen molar-refractivity contribution in [2.75, 3.05) is 13.2 Å². The van der Waals surface area contributed by atoms with Gasteiger partial charge in [0.05, 0.1) is 25.2 Å². The molecule has 8 nitrogen and oxygen atoms in total. The van der Waals surface area contributed by atoms with E-state index in [1.807, 2.05) is 0 Å². The number of ether oxygens (including phenoxy) is 2. The van der Waals surface area contributed by atoms with E-state index >= 15 is 0 Å². The van der Waals surface area contributed by atoms with Crippen molar-refractivity contribution in [2.24, 2.45) is 0 Å². The average Bonchev–Trinajstić information content (AvgIpc) is 3.23. The molecule has 1 aromatic heterocycles. The van der Waals surface area contributed by atoms with Crippen molar-refractivity contribution < 1.29 is 24.2 Å². The summed E-state index contributed by atoms with van der Waals surface area (Å²) in [5.41, 5.74) is 0.657. The molecule has 0 radical (unpaired) electrons. The molecule has 0 aromatic carbocycles. The summed E-state index contributed by atoms with van der Waals surface area (Å²) >= 11 is 12.1. The molecule has 2 aliphatic rings. The monoisotopic (exact) mass is 361 g/mol. The average molecular weight is 362 g/mol. The summed E-state index contributed by atoms with van der Waals surface area (Å²) in [6, 6.07) is -1.07. The van der Waals surface area contributed by atoms with E-state index in [0.29, 0.717) is 5.69 Å². The third kappa shape index (κ3) is 2.72. The first-order chi connectivity index (χ1) is 11.0. The Labute approximate surface area is 140 Å². The van der Waals surface area contributed by atoms with Crippen molar-refractivity contribution in [1.29, 1.82) is 0 Å². The Morgan fingerprint density at radius 1 is 1.57 bits per heavy atom. The predicted molar refractivity (Wildman–Crippen MR) is 79.0 cm³/mol. The highest BCUT2D eigenvalue weighted by Crippen LogP contribution is 2.43. The van der Waals surface area contributed by atoms with Crippen LogP contribution in [0.2, 0.25) is 0 Å². The Morgan fingerprint density at radius 3 is 2.83 bits per heavy atom. The summed E-state index contributed by atoms with van der Waals surface area (Å²) in [4.78, 5) is 30.2. The summed E-state index contributed by atoms with van der Waals surface area (Å²) in [5, 5.41) is 10.8. The number of alkyl halides is 1. The van der Waals surface area contributed by atoms with Gasteiger partial charge in [-0.25, -0.2) is 9.78 Å². The van der Waals surface area contributed by atoms with Crippen LogP contribution in [0.3, 0.4) is 0 Å². The largest absolute Gasteiger partial charge is 0.480 e. The van der Waals surface area contributed by atoms with E-state index in [9.17, 15) is 14.7 Å². The van der Waals surface area contributed by atoms with Crippen LogP contribution in [0.25, 0.3) is 0 Å². The molecular weight excluding hydrogens is 349 g/mol. The molecule has 2 atom stereocenters. The number of carbonyl (C=O) groups excluding carboxylic acids is 1. The second-order valence-electron chi connectivity index (χ2n) is 5.10. The lowest BCUT2D eigenvalue weighted by Gasteiger charge is -2.30. The number of ketones is 1. The fourth-order valence-corrected chi connectivity index (χ4v) is 3.26. The topological polar surface area (TPSA) is 114 Å². The van der Waals surface area contributed by atoms with Gasteiger partial charge in [-0.15, -0.1) is 11.6 Å². The van der Waals surface area contributed by atoms with Gasteiger partial charge in [-0.2, -0.15) is 0 Å². The number of allylic oxidation sites excluding steroid dienone is 1. The smallest absolute Gasteiger partial charge is 0.326 e. The molecule has 124 valence electrons. The number of hydrogen-bond acceptors (Lipinski definition) is 6. The normalized spacial score (nSPS) is 24.4. The predicted octanol–water partition coefficient (Wildman–Crippen LogP) is 0.379. The maximum Gasteiger partial charge on any atom is 0.326 e. The zero-order valence-corrected chi connectivity index (χ0v) is 13.2. The molecule has 1 aliphatic carbocycles. The van der Waals surface area contributed by atoms with E-state index in [4.69, 9.17) is 32.7 Å². The highest BCUT2D eigenvalue weighted by Gasteiger charge is 2.58. The Kier molecular flexibility index (Phi) is 4.33. The lowest BCUT2D eigenvalue weighted by atomic mass is 10.1. The summed E-state index contributed by atoms with van der Waals surface area (Å²) in [6.45, 7) is 0.453. The minimum Gasteiger partial charge on any atom is -0.480 e. The first-order valence-corrected chi connectivity index (χ1v) is 7.60. The molecule has 3 rings (SSSR count). The quantitative estimate of drug-likeness (QED) is 0.649. The third-order valence-electron chi connectivity index (χ3n) is 3.66. The number of Topliss-reactive ketones (excluding diaryl/α,β-unsaturated/α-hetero) is 1. The van der Waals surface area contributed by atoms with Crippen molar-refractivity contribution in [1.82, 2.24) is 15.3 Å². The van der Waals surface area contributed by atoms with Crippen LogP contribution in [0, 0.1) is 0 Å². The summed E-state index contributed by atoms with van der Waals surface area (Å²) in [7, 11) is 0. The molecule has 1 saturated heterocycles. The number of carboxylic acids is 1. The number of H-pyrrole nitrogens is 1. The molecule has 0 saturated carbocycles. The molecule has 1 aliphatic heterocycles. The number of hydrogen-bond donors (Lipinski definition) is 3. The Morgan fingerprint density at radius 2 is 2.26 bits per heavy atom. The summed E-state index contributed by atoms with van der Waals surface area (Å²) in [6.07, 6.45) is 3.05. The highest BCUT2D eigenvalue weighted by atomic mass is 35.5. The minimum absolute atomic E-state index is 0.0496. The maximum absolute atomic E-state index is 12.1. The second-order valence-corrected chi connectivity index (χ2v) is 5.91. The van der Waals surface area contributed by atoms with E-state index in [2.05, 4.69) is 15.3 Å². The Balaban J connectivity index is 1.88. The van der Waals surface area contributed by atoms with Gasteiger partial charge in [0.2, 0.25) is 5.79 Å². The molecule has 1 aromatic rings. The minimum atomic E-state index is -1.56. The number of nitrogens with one attached hydrogen (secondary N) is 2. The number of carbonyl (C=O) groups is 2. The lowest BCUT2D eigenvalue weighted by molar-refractivity contribution is -0.143. The first-order valence-electron chi connectivity index (χ1n) is 6.78. The molecule has 0 bridgehead atoms. The van der Waals surface area contributed by atoms with Crippen molar-refractivity contribution in [2.45, 2.75) is 23.6 Å². The molecule has 1 fully saturated rings. The fourth-order valence-electron chi connectivity index (χ4n) is 2.56. The van der Waals surface area contributed by atoms with Crippen LogP contribution in [0.15, 0.2) is 23.3 Å². The van der Waals surface area contributed by atoms with E-state index in [0.717, 1.165) is 0 Å². The maximum atomic E-state index is 12.1. The summed E-state index contributed by atoms with van der Waals surface area (Å²) < 4.78 is 11.0. The van der Waals surface area contributed by atoms with Crippen molar-refractivity contribution >= 4 is 35.0 Å². The number of halogens is 2. The molecule has 0 amide bonds. The van der Waals surface area contributed by atoms with Crippen LogP contribution in [-0.4, -0.2) is 57.2 Å². The summed E-state index contributed by atoms with van der Waals surface area (Å²) in [5.74, 6) is -3.25. The number of nitrogens with zero attached hydrogens (tertiary/aromatic N) is 1. The molecule has 2 heterocycles. The van der Waals surface area contributed by atoms with Crippen molar-refractivity contribution in [3.8, 4) is 0 Å². The van der Waals surface area contributed by atoms with Crippen LogP contribution in [-0.2, 0) is 25.5 Å². The van der Waals surface area contributed by atoms with E-state index in [-0.39, 0.29) is 30.4 Å². The Hall–Kier alpha value is -1.61. The molecule has 1 spiro atoms. The van der Waals surface area contributed by atoms with Crippen molar-refractivity contribution in [3.05, 3.63) is 28.9 Å². The standard InChI is InChI=1S/C13H13Cl2N3O5/c14-8-9(19)10(15)13(22-1-2-23-13)11(8)18-7(12(20)21)3-6-4-16-5-17-6/h4-5,7,10,18H,1-3H2,(H,16,17)(H,20,21)/t7-,10?/m0/s1. The van der Waals surface area contributed by atoms with Gasteiger partial charge in [0.15, 0.2) is 11.2 Å². The van der Waals surface area contributed by atoms with Gasteiger partial charge in [-0.3, -0.25) is 4.79 Å². The van der Waals surface area contributed by atoms with Crippen LogP contribution < -0.4 is 5.32 Å². The van der Waals surface area contributed by atoms with Gasteiger partial charge >= 0.3 is 5.97 Å². The van der Waals surface area contributed by atoms with Gasteiger partial charge in [-0.05, 0) is 0 Å².